The van der Waals surface area contributed by atoms with Crippen molar-refractivity contribution in [2.75, 3.05) is 13.1 Å². The molecule has 1 unspecified atom stereocenters. The molecule has 1 atom stereocenters. The van der Waals surface area contributed by atoms with E-state index < -0.39 is 0 Å². The largest absolute Gasteiger partial charge is 0.393 e. The molecule has 1 saturated carbocycles. The molecule has 7 heteroatoms. The molecule has 2 fully saturated rings. The number of hydrogen-bond acceptors (Lipinski definition) is 4. The lowest BCUT2D eigenvalue weighted by Crippen LogP contribution is -2.41. The van der Waals surface area contributed by atoms with E-state index in [1.54, 1.807) is 10.9 Å². The molecule has 0 aromatic carbocycles. The molecule has 24 heavy (non-hydrogen) atoms. The molecule has 2 N–H and O–H groups in total. The SMILES string of the molecule is Cn1cc(C(NC(=O)CCCN2CCCC2=O)C2CC(O)C2)cn1. The molecule has 0 radical (unpaired) electrons. The number of hydrogen-bond donors (Lipinski definition) is 2. The Morgan fingerprint density at radius 3 is 2.88 bits per heavy atom. The molecule has 2 heterocycles. The minimum Gasteiger partial charge on any atom is -0.393 e. The van der Waals surface area contributed by atoms with Gasteiger partial charge in [0.25, 0.3) is 0 Å². The summed E-state index contributed by atoms with van der Waals surface area (Å²) in [6, 6.07) is -0.0944. The molecule has 1 aromatic heterocycles. The molecule has 1 aromatic rings. The van der Waals surface area contributed by atoms with Gasteiger partial charge >= 0.3 is 0 Å². The van der Waals surface area contributed by atoms with Crippen molar-refractivity contribution in [3.8, 4) is 0 Å². The molecular formula is C17H26N4O3. The van der Waals surface area contributed by atoms with Gasteiger partial charge in [-0.1, -0.05) is 0 Å². The minimum atomic E-state index is -0.257. The summed E-state index contributed by atoms with van der Waals surface area (Å²) < 4.78 is 1.72. The number of aliphatic hydroxyl groups is 1. The van der Waals surface area contributed by atoms with Crippen LogP contribution in [0, 0.1) is 5.92 Å². The van der Waals surface area contributed by atoms with Crippen molar-refractivity contribution in [1.82, 2.24) is 20.0 Å². The number of aromatic nitrogens is 2. The number of nitrogens with one attached hydrogen (secondary N) is 1. The fourth-order valence-corrected chi connectivity index (χ4v) is 3.59. The third-order valence-electron chi connectivity index (χ3n) is 5.02. The fraction of sp³-hybridized carbons (Fsp3) is 0.706. The highest BCUT2D eigenvalue weighted by molar-refractivity contribution is 5.78. The molecule has 1 saturated heterocycles. The normalized spacial score (nSPS) is 24.8. The zero-order chi connectivity index (χ0) is 17.1. The van der Waals surface area contributed by atoms with Crippen LogP contribution in [0.15, 0.2) is 12.4 Å². The van der Waals surface area contributed by atoms with Gasteiger partial charge in [0.2, 0.25) is 11.8 Å². The van der Waals surface area contributed by atoms with E-state index in [-0.39, 0.29) is 29.9 Å². The summed E-state index contributed by atoms with van der Waals surface area (Å²) in [4.78, 5) is 25.7. The van der Waals surface area contributed by atoms with Crippen molar-refractivity contribution in [3.05, 3.63) is 18.0 Å². The molecular weight excluding hydrogens is 308 g/mol. The van der Waals surface area contributed by atoms with Gasteiger partial charge in [0.15, 0.2) is 0 Å². The highest BCUT2D eigenvalue weighted by Crippen LogP contribution is 2.38. The Morgan fingerprint density at radius 1 is 1.50 bits per heavy atom. The smallest absolute Gasteiger partial charge is 0.222 e. The van der Waals surface area contributed by atoms with Gasteiger partial charge in [0, 0.05) is 44.7 Å². The van der Waals surface area contributed by atoms with Crippen LogP contribution in [0.25, 0.3) is 0 Å². The van der Waals surface area contributed by atoms with Crippen LogP contribution >= 0.6 is 0 Å². The first kappa shape index (κ1) is 17.0. The topological polar surface area (TPSA) is 87.5 Å². The van der Waals surface area contributed by atoms with Crippen LogP contribution in [-0.2, 0) is 16.6 Å². The van der Waals surface area contributed by atoms with E-state index in [0.29, 0.717) is 38.6 Å². The van der Waals surface area contributed by atoms with E-state index in [1.165, 1.54) is 0 Å². The Labute approximate surface area is 142 Å². The Morgan fingerprint density at radius 2 is 2.29 bits per heavy atom. The van der Waals surface area contributed by atoms with Crippen LogP contribution in [0.5, 0.6) is 0 Å². The van der Waals surface area contributed by atoms with E-state index in [4.69, 9.17) is 0 Å². The molecule has 0 bridgehead atoms. The number of aliphatic hydroxyl groups excluding tert-OH is 1. The third kappa shape index (κ3) is 3.95. The number of likely N-dealkylation sites (tertiary alicyclic amines) is 1. The first-order valence-electron chi connectivity index (χ1n) is 8.76. The van der Waals surface area contributed by atoms with E-state index in [9.17, 15) is 14.7 Å². The second-order valence-electron chi connectivity index (χ2n) is 6.97. The first-order chi connectivity index (χ1) is 11.5. The maximum absolute atomic E-state index is 12.3. The highest BCUT2D eigenvalue weighted by Gasteiger charge is 2.36. The van der Waals surface area contributed by atoms with Crippen molar-refractivity contribution in [2.45, 2.75) is 50.7 Å². The molecule has 0 spiro atoms. The zero-order valence-electron chi connectivity index (χ0n) is 14.1. The Hall–Kier alpha value is -1.89. The van der Waals surface area contributed by atoms with Crippen LogP contribution in [-0.4, -0.2) is 50.8 Å². The van der Waals surface area contributed by atoms with Gasteiger partial charge in [-0.15, -0.1) is 0 Å². The average Bonchev–Trinajstić information content (AvgIpc) is 3.11. The number of aryl methyl sites for hydroxylation is 1. The summed E-state index contributed by atoms with van der Waals surface area (Å²) in [6.07, 6.45) is 7.52. The standard InChI is InChI=1S/C17H26N4O3/c1-20-11-13(10-18-20)17(12-8-14(22)9-12)19-15(23)4-2-6-21-7-3-5-16(21)24/h10-12,14,17,22H,2-9H2,1H3,(H,19,23). The first-order valence-corrected chi connectivity index (χ1v) is 8.76. The average molecular weight is 334 g/mol. The molecule has 3 rings (SSSR count). The highest BCUT2D eigenvalue weighted by atomic mass is 16.3. The number of carbonyl (C=O) groups is 2. The van der Waals surface area contributed by atoms with Crippen LogP contribution in [0.1, 0.15) is 50.1 Å². The van der Waals surface area contributed by atoms with Gasteiger partial charge < -0.3 is 15.3 Å². The summed E-state index contributed by atoms with van der Waals surface area (Å²) in [5.41, 5.74) is 0.984. The van der Waals surface area contributed by atoms with Gasteiger partial charge in [-0.25, -0.2) is 0 Å². The van der Waals surface area contributed by atoms with Crippen LogP contribution in [0.4, 0.5) is 0 Å². The van der Waals surface area contributed by atoms with E-state index in [1.807, 2.05) is 18.1 Å². The number of nitrogens with zero attached hydrogens (tertiary/aromatic N) is 3. The number of rotatable bonds is 7. The van der Waals surface area contributed by atoms with Crippen molar-refractivity contribution in [2.24, 2.45) is 13.0 Å². The third-order valence-corrected chi connectivity index (χ3v) is 5.02. The van der Waals surface area contributed by atoms with E-state index >= 15 is 0 Å². The second kappa shape index (κ2) is 7.34. The number of carbonyl (C=O) groups excluding carboxylic acids is 2. The van der Waals surface area contributed by atoms with Gasteiger partial charge in [-0.2, -0.15) is 5.10 Å². The lowest BCUT2D eigenvalue weighted by atomic mass is 9.75. The fourth-order valence-electron chi connectivity index (χ4n) is 3.59. The lowest BCUT2D eigenvalue weighted by molar-refractivity contribution is -0.128. The monoisotopic (exact) mass is 334 g/mol. The summed E-state index contributed by atoms with van der Waals surface area (Å²) in [6.45, 7) is 1.48. The van der Waals surface area contributed by atoms with Gasteiger partial charge in [0.1, 0.15) is 0 Å². The van der Waals surface area contributed by atoms with Crippen molar-refractivity contribution < 1.29 is 14.7 Å². The van der Waals surface area contributed by atoms with E-state index in [2.05, 4.69) is 10.4 Å². The second-order valence-corrected chi connectivity index (χ2v) is 6.97. The predicted molar refractivity (Wildman–Crippen MR) is 87.9 cm³/mol. The zero-order valence-corrected chi connectivity index (χ0v) is 14.1. The minimum absolute atomic E-state index is 0.00288. The molecule has 132 valence electrons. The molecule has 2 aliphatic rings. The van der Waals surface area contributed by atoms with Crippen LogP contribution in [0.2, 0.25) is 0 Å². The van der Waals surface area contributed by atoms with Gasteiger partial charge in [0.05, 0.1) is 18.3 Å². The molecule has 1 aliphatic heterocycles. The summed E-state index contributed by atoms with van der Waals surface area (Å²) in [5, 5.41) is 16.9. The van der Waals surface area contributed by atoms with Crippen molar-refractivity contribution in [3.63, 3.8) is 0 Å². The Kier molecular flexibility index (Phi) is 5.18. The lowest BCUT2D eigenvalue weighted by Gasteiger charge is -2.37. The van der Waals surface area contributed by atoms with Crippen LogP contribution in [0.3, 0.4) is 0 Å². The van der Waals surface area contributed by atoms with Gasteiger partial charge in [-0.05, 0) is 31.6 Å². The van der Waals surface area contributed by atoms with Crippen LogP contribution < -0.4 is 5.32 Å². The summed E-state index contributed by atoms with van der Waals surface area (Å²) in [7, 11) is 1.85. The van der Waals surface area contributed by atoms with Gasteiger partial charge in [-0.3, -0.25) is 14.3 Å². The Balaban J connectivity index is 1.50. The summed E-state index contributed by atoms with van der Waals surface area (Å²) >= 11 is 0. The predicted octanol–water partition coefficient (Wildman–Crippen LogP) is 0.751. The maximum Gasteiger partial charge on any atom is 0.222 e. The molecule has 7 nitrogen and oxygen atoms in total. The Bertz CT molecular complexity index is 594. The molecule has 2 amide bonds. The van der Waals surface area contributed by atoms with Crippen molar-refractivity contribution in [1.29, 1.82) is 0 Å². The summed E-state index contributed by atoms with van der Waals surface area (Å²) in [5.74, 6) is 0.456. The quantitative estimate of drug-likeness (QED) is 0.770. The van der Waals surface area contributed by atoms with Crippen molar-refractivity contribution >= 4 is 11.8 Å². The van der Waals surface area contributed by atoms with E-state index in [0.717, 1.165) is 18.5 Å². The molecule has 1 aliphatic carbocycles. The number of amides is 2. The maximum atomic E-state index is 12.3.